The largest absolute Gasteiger partial charge is 0.237 e. The van der Waals surface area contributed by atoms with E-state index in [1.165, 1.54) is 6.42 Å². The second kappa shape index (κ2) is 4.93. The molecule has 0 atom stereocenters. The first kappa shape index (κ1) is 12.4. The van der Waals surface area contributed by atoms with E-state index >= 15 is 0 Å². The lowest BCUT2D eigenvalue weighted by molar-refractivity contribution is 0.540. The van der Waals surface area contributed by atoms with Crippen molar-refractivity contribution in [3.63, 3.8) is 0 Å². The van der Waals surface area contributed by atoms with Crippen LogP contribution in [-0.2, 0) is 11.8 Å². The predicted octanol–water partition coefficient (Wildman–Crippen LogP) is 3.77. The molecule has 0 aliphatic carbocycles. The molecule has 0 bridgehead atoms. The lowest BCUT2D eigenvalue weighted by Crippen LogP contribution is -2.17. The number of hydrogen-bond acceptors (Lipinski definition) is 2. The highest BCUT2D eigenvalue weighted by atomic mass is 35.5. The van der Waals surface area contributed by atoms with Crippen molar-refractivity contribution in [3.05, 3.63) is 22.7 Å². The van der Waals surface area contributed by atoms with Gasteiger partial charge in [0.15, 0.2) is 0 Å². The number of aromatic nitrogens is 2. The molecule has 2 nitrogen and oxygen atoms in total. The number of halogens is 1. The van der Waals surface area contributed by atoms with Gasteiger partial charge in [0.25, 0.3) is 0 Å². The standard InChI is InChI=1S/C12H19ClN2/c1-5-6-7-9-8-10(13)15-11(14-9)12(2,3)4/h8H,5-7H2,1-4H3. The van der Waals surface area contributed by atoms with Crippen molar-refractivity contribution >= 4 is 11.6 Å². The van der Waals surface area contributed by atoms with E-state index in [0.717, 1.165) is 24.4 Å². The summed E-state index contributed by atoms with van der Waals surface area (Å²) in [6.07, 6.45) is 3.31. The molecule has 0 saturated heterocycles. The van der Waals surface area contributed by atoms with E-state index in [9.17, 15) is 0 Å². The van der Waals surface area contributed by atoms with Crippen LogP contribution in [0.15, 0.2) is 6.07 Å². The van der Waals surface area contributed by atoms with Crippen molar-refractivity contribution in [2.45, 2.75) is 52.4 Å². The summed E-state index contributed by atoms with van der Waals surface area (Å²) in [5, 5.41) is 0.557. The lowest BCUT2D eigenvalue weighted by atomic mass is 9.95. The smallest absolute Gasteiger partial charge is 0.135 e. The van der Waals surface area contributed by atoms with Crippen LogP contribution in [0.5, 0.6) is 0 Å². The van der Waals surface area contributed by atoms with Gasteiger partial charge in [0.05, 0.1) is 0 Å². The number of aryl methyl sites for hydroxylation is 1. The molecule has 1 aromatic heterocycles. The van der Waals surface area contributed by atoms with Gasteiger partial charge in [-0.2, -0.15) is 0 Å². The molecule has 1 heterocycles. The Morgan fingerprint density at radius 1 is 1.27 bits per heavy atom. The molecule has 0 amide bonds. The molecule has 0 saturated carbocycles. The van der Waals surface area contributed by atoms with Crippen LogP contribution in [0.3, 0.4) is 0 Å². The summed E-state index contributed by atoms with van der Waals surface area (Å²) in [4.78, 5) is 8.81. The van der Waals surface area contributed by atoms with Gasteiger partial charge in [-0.15, -0.1) is 0 Å². The average Bonchev–Trinajstić information content (AvgIpc) is 2.12. The van der Waals surface area contributed by atoms with E-state index in [1.54, 1.807) is 0 Å². The SMILES string of the molecule is CCCCc1cc(Cl)nc(C(C)(C)C)n1. The zero-order valence-electron chi connectivity index (χ0n) is 9.97. The monoisotopic (exact) mass is 226 g/mol. The lowest BCUT2D eigenvalue weighted by Gasteiger charge is -2.17. The summed E-state index contributed by atoms with van der Waals surface area (Å²) < 4.78 is 0. The summed E-state index contributed by atoms with van der Waals surface area (Å²) in [6, 6.07) is 1.87. The summed E-state index contributed by atoms with van der Waals surface area (Å²) in [6.45, 7) is 8.47. The maximum atomic E-state index is 5.98. The third-order valence-electron chi connectivity index (χ3n) is 2.21. The average molecular weight is 227 g/mol. The van der Waals surface area contributed by atoms with Gasteiger partial charge in [0, 0.05) is 11.1 Å². The highest BCUT2D eigenvalue weighted by Crippen LogP contribution is 2.20. The van der Waals surface area contributed by atoms with Crippen LogP contribution in [0.1, 0.15) is 52.1 Å². The first-order chi connectivity index (χ1) is 6.93. The Hall–Kier alpha value is -0.630. The highest BCUT2D eigenvalue weighted by Gasteiger charge is 2.18. The molecule has 0 fully saturated rings. The molecule has 0 aromatic carbocycles. The third-order valence-corrected chi connectivity index (χ3v) is 2.40. The zero-order chi connectivity index (χ0) is 11.5. The van der Waals surface area contributed by atoms with Crippen LogP contribution in [0, 0.1) is 0 Å². The van der Waals surface area contributed by atoms with Crippen molar-refractivity contribution in [1.82, 2.24) is 9.97 Å². The summed E-state index contributed by atoms with van der Waals surface area (Å²) in [5.41, 5.74) is 1.02. The first-order valence-electron chi connectivity index (χ1n) is 5.47. The number of unbranched alkanes of at least 4 members (excludes halogenated alkanes) is 1. The van der Waals surface area contributed by atoms with E-state index < -0.39 is 0 Å². The first-order valence-corrected chi connectivity index (χ1v) is 5.85. The molecule has 84 valence electrons. The Kier molecular flexibility index (Phi) is 4.09. The summed E-state index contributed by atoms with van der Waals surface area (Å²) >= 11 is 5.98. The van der Waals surface area contributed by atoms with Crippen molar-refractivity contribution < 1.29 is 0 Å². The molecule has 0 radical (unpaired) electrons. The molecular weight excluding hydrogens is 208 g/mol. The van der Waals surface area contributed by atoms with Crippen LogP contribution in [0.4, 0.5) is 0 Å². The fourth-order valence-corrected chi connectivity index (χ4v) is 1.49. The van der Waals surface area contributed by atoms with Crippen LogP contribution >= 0.6 is 11.6 Å². The molecule has 15 heavy (non-hydrogen) atoms. The number of hydrogen-bond donors (Lipinski definition) is 0. The van der Waals surface area contributed by atoms with Gasteiger partial charge in [0.1, 0.15) is 11.0 Å². The molecule has 1 rings (SSSR count). The van der Waals surface area contributed by atoms with E-state index in [-0.39, 0.29) is 5.41 Å². The molecule has 0 spiro atoms. The Labute approximate surface area is 97.1 Å². The Bertz CT molecular complexity index is 329. The van der Waals surface area contributed by atoms with E-state index in [0.29, 0.717) is 5.15 Å². The van der Waals surface area contributed by atoms with Gasteiger partial charge in [0.2, 0.25) is 0 Å². The molecule has 3 heteroatoms. The zero-order valence-corrected chi connectivity index (χ0v) is 10.7. The Morgan fingerprint density at radius 3 is 2.47 bits per heavy atom. The molecule has 1 aromatic rings. The Balaban J connectivity index is 2.95. The minimum Gasteiger partial charge on any atom is -0.237 e. The van der Waals surface area contributed by atoms with E-state index in [2.05, 4.69) is 37.7 Å². The molecule has 0 aliphatic heterocycles. The molecular formula is C12H19ClN2. The fraction of sp³-hybridized carbons (Fsp3) is 0.667. The topological polar surface area (TPSA) is 25.8 Å². The van der Waals surface area contributed by atoms with Gasteiger partial charge in [-0.25, -0.2) is 9.97 Å². The molecule has 0 unspecified atom stereocenters. The van der Waals surface area contributed by atoms with Crippen molar-refractivity contribution in [2.24, 2.45) is 0 Å². The van der Waals surface area contributed by atoms with Gasteiger partial charge < -0.3 is 0 Å². The van der Waals surface area contributed by atoms with Gasteiger partial charge in [-0.3, -0.25) is 0 Å². The van der Waals surface area contributed by atoms with E-state index in [1.807, 2.05) is 6.07 Å². The summed E-state index contributed by atoms with van der Waals surface area (Å²) in [5.74, 6) is 0.834. The number of rotatable bonds is 3. The van der Waals surface area contributed by atoms with Crippen LogP contribution < -0.4 is 0 Å². The normalized spacial score (nSPS) is 11.8. The van der Waals surface area contributed by atoms with Crippen molar-refractivity contribution in [3.8, 4) is 0 Å². The van der Waals surface area contributed by atoms with Crippen LogP contribution in [0.25, 0.3) is 0 Å². The second-order valence-electron chi connectivity index (χ2n) is 4.86. The van der Waals surface area contributed by atoms with Crippen LogP contribution in [-0.4, -0.2) is 9.97 Å². The van der Waals surface area contributed by atoms with Crippen molar-refractivity contribution in [2.75, 3.05) is 0 Å². The number of nitrogens with zero attached hydrogens (tertiary/aromatic N) is 2. The highest BCUT2D eigenvalue weighted by molar-refractivity contribution is 6.29. The molecule has 0 aliphatic rings. The third kappa shape index (κ3) is 3.78. The minimum atomic E-state index is -0.0358. The van der Waals surface area contributed by atoms with Gasteiger partial charge in [-0.05, 0) is 18.9 Å². The quantitative estimate of drug-likeness (QED) is 0.734. The van der Waals surface area contributed by atoms with Gasteiger partial charge >= 0.3 is 0 Å². The van der Waals surface area contributed by atoms with E-state index in [4.69, 9.17) is 11.6 Å². The second-order valence-corrected chi connectivity index (χ2v) is 5.25. The van der Waals surface area contributed by atoms with Crippen LogP contribution in [0.2, 0.25) is 5.15 Å². The predicted molar refractivity (Wildman–Crippen MR) is 64.4 cm³/mol. The Morgan fingerprint density at radius 2 is 1.93 bits per heavy atom. The fourth-order valence-electron chi connectivity index (χ4n) is 1.29. The molecule has 0 N–H and O–H groups in total. The van der Waals surface area contributed by atoms with Crippen molar-refractivity contribution in [1.29, 1.82) is 0 Å². The van der Waals surface area contributed by atoms with Gasteiger partial charge in [-0.1, -0.05) is 45.7 Å². The minimum absolute atomic E-state index is 0.0358. The maximum absolute atomic E-state index is 5.98. The maximum Gasteiger partial charge on any atom is 0.135 e. The summed E-state index contributed by atoms with van der Waals surface area (Å²) in [7, 11) is 0.